The Morgan fingerprint density at radius 1 is 1.13 bits per heavy atom. The number of aromatic nitrogens is 2. The number of hydrogen-bond donors (Lipinski definition) is 1. The van der Waals surface area contributed by atoms with Crippen LogP contribution in [0.25, 0.3) is 11.3 Å². The van der Waals surface area contributed by atoms with Crippen LogP contribution in [0.4, 0.5) is 5.69 Å². The van der Waals surface area contributed by atoms with Crippen molar-refractivity contribution in [3.05, 3.63) is 71.1 Å². The number of rotatable bonds is 6. The number of esters is 1. The van der Waals surface area contributed by atoms with E-state index in [0.717, 1.165) is 36.5 Å². The monoisotopic (exact) mass is 424 g/mol. The normalized spacial score (nSPS) is 12.5. The molecule has 0 atom stereocenters. The van der Waals surface area contributed by atoms with Crippen LogP contribution in [0.15, 0.2) is 54.7 Å². The molecule has 0 radical (unpaired) electrons. The zero-order valence-electron chi connectivity index (χ0n) is 16.7. The smallest absolute Gasteiger partial charge is 0.338 e. The molecule has 3 aromatic rings. The van der Waals surface area contributed by atoms with Gasteiger partial charge in [0, 0.05) is 16.3 Å². The van der Waals surface area contributed by atoms with Crippen LogP contribution in [0.5, 0.6) is 0 Å². The lowest BCUT2D eigenvalue weighted by atomic mass is 10.2. The maximum Gasteiger partial charge on any atom is 0.338 e. The third-order valence-corrected chi connectivity index (χ3v) is 5.38. The van der Waals surface area contributed by atoms with Crippen molar-refractivity contribution in [2.45, 2.75) is 32.9 Å². The number of carbonyl (C=O) groups excluding carboxylic acids is 2. The summed E-state index contributed by atoms with van der Waals surface area (Å²) in [7, 11) is 0. The lowest BCUT2D eigenvalue weighted by Crippen LogP contribution is -2.42. The molecule has 0 saturated carbocycles. The first-order valence-electron chi connectivity index (χ1n) is 10.00. The van der Waals surface area contributed by atoms with E-state index in [0.29, 0.717) is 22.9 Å². The molecule has 0 fully saturated rings. The number of nitrogens with one attached hydrogen (secondary N) is 1. The van der Waals surface area contributed by atoms with Gasteiger partial charge < -0.3 is 10.1 Å². The summed E-state index contributed by atoms with van der Waals surface area (Å²) in [5, 5.41) is 3.60. The van der Waals surface area contributed by atoms with Crippen molar-refractivity contribution in [2.24, 2.45) is 0 Å². The van der Waals surface area contributed by atoms with Gasteiger partial charge in [0.2, 0.25) is 0 Å². The Bertz CT molecular complexity index is 1070. The van der Waals surface area contributed by atoms with Crippen LogP contribution in [-0.4, -0.2) is 23.1 Å². The molecule has 154 valence electrons. The van der Waals surface area contributed by atoms with Gasteiger partial charge in [0.25, 0.3) is 11.7 Å². The van der Waals surface area contributed by atoms with Crippen molar-refractivity contribution < 1.29 is 18.9 Å². The van der Waals surface area contributed by atoms with Gasteiger partial charge in [-0.25, -0.2) is 13.9 Å². The molecule has 0 unspecified atom stereocenters. The molecule has 2 aromatic carbocycles. The number of nitrogens with zero attached hydrogens (tertiary/aromatic N) is 2. The maximum atomic E-state index is 12.6. The van der Waals surface area contributed by atoms with E-state index in [4.69, 9.17) is 16.3 Å². The average Bonchev–Trinajstić information content (AvgIpc) is 3.33. The van der Waals surface area contributed by atoms with Crippen LogP contribution in [0, 0.1) is 0 Å². The van der Waals surface area contributed by atoms with Crippen molar-refractivity contribution in [3.8, 4) is 11.3 Å². The highest BCUT2D eigenvalue weighted by molar-refractivity contribution is 6.30. The molecule has 1 aliphatic heterocycles. The molecule has 1 aromatic heterocycles. The fraction of sp³-hybridized carbons (Fsp3) is 0.261. The number of imidazole rings is 1. The maximum absolute atomic E-state index is 12.6. The van der Waals surface area contributed by atoms with E-state index < -0.39 is 0 Å². The summed E-state index contributed by atoms with van der Waals surface area (Å²) in [5.74, 6) is 0.657. The summed E-state index contributed by atoms with van der Waals surface area (Å²) in [4.78, 5) is 24.4. The molecule has 1 aliphatic rings. The van der Waals surface area contributed by atoms with Gasteiger partial charge in [0.15, 0.2) is 12.2 Å². The Hall–Kier alpha value is -3.12. The third kappa shape index (κ3) is 4.24. The first-order chi connectivity index (χ1) is 14.5. The lowest BCUT2D eigenvalue weighted by Gasteiger charge is -2.06. The summed E-state index contributed by atoms with van der Waals surface area (Å²) in [5.41, 5.74) is 3.27. The molecular weight excluding hydrogens is 402 g/mol. The highest BCUT2D eigenvalue weighted by Crippen LogP contribution is 2.26. The van der Waals surface area contributed by atoms with E-state index in [1.165, 1.54) is 0 Å². The average molecular weight is 425 g/mol. The number of ether oxygens (including phenoxy) is 1. The van der Waals surface area contributed by atoms with Gasteiger partial charge in [-0.1, -0.05) is 11.6 Å². The van der Waals surface area contributed by atoms with Gasteiger partial charge in [0.1, 0.15) is 6.20 Å². The van der Waals surface area contributed by atoms with Crippen LogP contribution in [0.1, 0.15) is 29.5 Å². The topological polar surface area (TPSA) is 64.2 Å². The minimum absolute atomic E-state index is 0.119. The van der Waals surface area contributed by atoms with E-state index in [-0.39, 0.29) is 18.4 Å². The lowest BCUT2D eigenvalue weighted by molar-refractivity contribution is -0.690. The van der Waals surface area contributed by atoms with Crippen molar-refractivity contribution in [3.63, 3.8) is 0 Å². The molecule has 30 heavy (non-hydrogen) atoms. The van der Waals surface area contributed by atoms with Gasteiger partial charge in [-0.3, -0.25) is 4.79 Å². The first-order valence-corrected chi connectivity index (χ1v) is 10.4. The predicted molar refractivity (Wildman–Crippen MR) is 114 cm³/mol. The number of amides is 1. The van der Waals surface area contributed by atoms with Gasteiger partial charge >= 0.3 is 5.97 Å². The largest absolute Gasteiger partial charge is 0.462 e. The fourth-order valence-corrected chi connectivity index (χ4v) is 3.88. The number of hydrogen-bond acceptors (Lipinski definition) is 3. The van der Waals surface area contributed by atoms with Gasteiger partial charge in [-0.2, -0.15) is 0 Å². The van der Waals surface area contributed by atoms with Crippen molar-refractivity contribution in [1.29, 1.82) is 0 Å². The number of fused-ring (bicyclic) bond motifs is 1. The Morgan fingerprint density at radius 2 is 1.87 bits per heavy atom. The number of carbonyl (C=O) groups is 2. The second-order valence-corrected chi connectivity index (χ2v) is 7.60. The number of anilines is 1. The third-order valence-electron chi connectivity index (χ3n) is 5.13. The standard InChI is InChI=1S/C23H22ClN3O3/c1-2-30-23(29)17-7-11-19(12-8-17)25-21(28)15-26-14-20(27-13-3-4-22(26)27)16-5-9-18(24)10-6-16/h5-12,14H,2-4,13,15H2,1H3/p+1. The Balaban J connectivity index is 1.48. The fourth-order valence-electron chi connectivity index (χ4n) is 3.76. The minimum Gasteiger partial charge on any atom is -0.462 e. The zero-order valence-corrected chi connectivity index (χ0v) is 17.5. The van der Waals surface area contributed by atoms with E-state index >= 15 is 0 Å². The molecular formula is C23H23ClN3O3+. The highest BCUT2D eigenvalue weighted by atomic mass is 35.5. The predicted octanol–water partition coefficient (Wildman–Crippen LogP) is 3.86. The molecule has 6 nitrogen and oxygen atoms in total. The van der Waals surface area contributed by atoms with Crippen LogP contribution in [0.2, 0.25) is 5.02 Å². The van der Waals surface area contributed by atoms with Crippen molar-refractivity contribution >= 4 is 29.2 Å². The molecule has 2 heterocycles. The van der Waals surface area contributed by atoms with E-state index in [1.54, 1.807) is 31.2 Å². The summed E-state index contributed by atoms with van der Waals surface area (Å²) in [6, 6.07) is 14.5. The SMILES string of the molecule is CCOC(=O)c1ccc(NC(=O)C[n+]2cc(-c3ccc(Cl)cc3)n3c2CCC3)cc1. The van der Waals surface area contributed by atoms with Gasteiger partial charge in [0.05, 0.1) is 25.1 Å². The molecule has 0 spiro atoms. The summed E-state index contributed by atoms with van der Waals surface area (Å²) >= 11 is 6.02. The Morgan fingerprint density at radius 3 is 2.57 bits per heavy atom. The van der Waals surface area contributed by atoms with Crippen molar-refractivity contribution in [1.82, 2.24) is 4.57 Å². The van der Waals surface area contributed by atoms with Crippen LogP contribution in [0.3, 0.4) is 0 Å². The summed E-state index contributed by atoms with van der Waals surface area (Å²) in [6.07, 6.45) is 4.03. The van der Waals surface area contributed by atoms with Gasteiger partial charge in [-0.05, 0) is 61.9 Å². The van der Waals surface area contributed by atoms with Crippen LogP contribution in [-0.2, 0) is 29.0 Å². The van der Waals surface area contributed by atoms with E-state index in [1.807, 2.05) is 35.0 Å². The molecule has 1 amide bonds. The molecule has 0 aliphatic carbocycles. The molecule has 7 heteroatoms. The number of halogens is 1. The van der Waals surface area contributed by atoms with Crippen LogP contribution >= 0.6 is 11.6 Å². The second-order valence-electron chi connectivity index (χ2n) is 7.17. The van der Waals surface area contributed by atoms with Gasteiger partial charge in [-0.15, -0.1) is 0 Å². The number of benzene rings is 2. The summed E-state index contributed by atoms with van der Waals surface area (Å²) < 4.78 is 9.26. The Kier molecular flexibility index (Phi) is 5.86. The zero-order chi connectivity index (χ0) is 21.1. The molecule has 0 bridgehead atoms. The quantitative estimate of drug-likeness (QED) is 0.482. The second kappa shape index (κ2) is 8.71. The highest BCUT2D eigenvalue weighted by Gasteiger charge is 2.29. The Labute approximate surface area is 180 Å². The molecule has 4 rings (SSSR count). The first kappa shape index (κ1) is 20.2. The van der Waals surface area contributed by atoms with Crippen molar-refractivity contribution in [2.75, 3.05) is 11.9 Å². The minimum atomic E-state index is -0.370. The summed E-state index contributed by atoms with van der Waals surface area (Å²) in [6.45, 7) is 3.26. The van der Waals surface area contributed by atoms with E-state index in [2.05, 4.69) is 9.88 Å². The molecule has 1 N–H and O–H groups in total. The van der Waals surface area contributed by atoms with E-state index in [9.17, 15) is 9.59 Å². The molecule has 0 saturated heterocycles. The van der Waals surface area contributed by atoms with Crippen LogP contribution < -0.4 is 9.88 Å².